The van der Waals surface area contributed by atoms with Gasteiger partial charge >= 0.3 is 0 Å². The van der Waals surface area contributed by atoms with Crippen LogP contribution < -0.4 is 15.4 Å². The molecule has 1 aromatic carbocycles. The summed E-state index contributed by atoms with van der Waals surface area (Å²) < 4.78 is 6.90. The largest absolute Gasteiger partial charge is 0.470 e. The molecule has 0 bridgehead atoms. The lowest BCUT2D eigenvalue weighted by atomic mass is 10.00. The van der Waals surface area contributed by atoms with E-state index >= 15 is 0 Å². The maximum atomic E-state index is 13.0. The van der Waals surface area contributed by atoms with Crippen molar-refractivity contribution < 1.29 is 9.53 Å². The molecule has 4 heterocycles. The maximum absolute atomic E-state index is 13.0. The van der Waals surface area contributed by atoms with E-state index in [1.165, 1.54) is 11.2 Å². The molecule has 9 heteroatoms. The molecule has 8 nitrogen and oxygen atoms in total. The van der Waals surface area contributed by atoms with Gasteiger partial charge in [0.15, 0.2) is 17.2 Å². The Hall–Kier alpha value is -3.59. The summed E-state index contributed by atoms with van der Waals surface area (Å²) in [5.41, 5.74) is 8.64. The molecule has 0 saturated carbocycles. The van der Waals surface area contributed by atoms with Gasteiger partial charge in [-0.2, -0.15) is 0 Å². The van der Waals surface area contributed by atoms with E-state index in [0.717, 1.165) is 15.6 Å². The zero-order chi connectivity index (χ0) is 20.8. The lowest BCUT2D eigenvalue weighted by Gasteiger charge is -2.30. The Bertz CT molecular complexity index is 1310. The molecular formula is C21H15BrN6O2. The van der Waals surface area contributed by atoms with Crippen molar-refractivity contribution in [2.24, 2.45) is 0 Å². The zero-order valence-corrected chi connectivity index (χ0v) is 17.4. The molecule has 0 spiro atoms. The number of carbonyl (C=O) groups is 1. The van der Waals surface area contributed by atoms with Crippen molar-refractivity contribution in [3.63, 3.8) is 0 Å². The van der Waals surface area contributed by atoms with Crippen LogP contribution in [0.3, 0.4) is 0 Å². The first kappa shape index (κ1) is 18.4. The van der Waals surface area contributed by atoms with E-state index in [1.807, 2.05) is 30.3 Å². The number of hydrogen-bond donors (Lipinski definition) is 1. The third kappa shape index (κ3) is 2.94. The molecule has 148 valence electrons. The fourth-order valence-corrected chi connectivity index (χ4v) is 3.90. The van der Waals surface area contributed by atoms with Gasteiger partial charge < -0.3 is 10.5 Å². The second kappa shape index (κ2) is 7.03. The first-order chi connectivity index (χ1) is 14.5. The Kier molecular flexibility index (Phi) is 4.32. The smallest absolute Gasteiger partial charge is 0.275 e. The number of halogens is 1. The standard InChI is InChI=1S/C21H15BrN6O2/c1-28-20-15(6-3-7-24-20)30-17(21(28)29)14-9-13(11-4-2-5-12(22)8-11)16-18(23)25-10-26-19(16)27-14/h2-10,17H,1H3,(H2,23,25,26,27). The predicted molar refractivity (Wildman–Crippen MR) is 116 cm³/mol. The minimum absolute atomic E-state index is 0.268. The normalized spacial score (nSPS) is 15.7. The van der Waals surface area contributed by atoms with Gasteiger partial charge in [-0.1, -0.05) is 28.1 Å². The van der Waals surface area contributed by atoms with Crippen LogP contribution >= 0.6 is 15.9 Å². The fraction of sp³-hybridized carbons (Fsp3) is 0.0952. The quantitative estimate of drug-likeness (QED) is 0.485. The van der Waals surface area contributed by atoms with Crippen molar-refractivity contribution in [2.75, 3.05) is 17.7 Å². The molecule has 2 N–H and O–H groups in total. The van der Waals surface area contributed by atoms with E-state index in [0.29, 0.717) is 34.1 Å². The summed E-state index contributed by atoms with van der Waals surface area (Å²) in [7, 11) is 1.67. The number of hydrogen-bond acceptors (Lipinski definition) is 7. The first-order valence-electron chi connectivity index (χ1n) is 9.09. The lowest BCUT2D eigenvalue weighted by molar-refractivity contribution is -0.126. The van der Waals surface area contributed by atoms with E-state index in [1.54, 1.807) is 25.4 Å². The Morgan fingerprint density at radius 2 is 2.00 bits per heavy atom. The van der Waals surface area contributed by atoms with Gasteiger partial charge in [0.25, 0.3) is 5.91 Å². The molecule has 1 unspecified atom stereocenters. The zero-order valence-electron chi connectivity index (χ0n) is 15.8. The highest BCUT2D eigenvalue weighted by Gasteiger charge is 2.36. The van der Waals surface area contributed by atoms with Crippen LogP contribution in [0, 0.1) is 0 Å². The minimum Gasteiger partial charge on any atom is -0.470 e. The summed E-state index contributed by atoms with van der Waals surface area (Å²) in [6, 6.07) is 13.1. The van der Waals surface area contributed by atoms with Gasteiger partial charge in [0.2, 0.25) is 6.10 Å². The molecule has 1 amide bonds. The molecule has 3 aromatic heterocycles. The maximum Gasteiger partial charge on any atom is 0.275 e. The van der Waals surface area contributed by atoms with E-state index in [9.17, 15) is 4.79 Å². The lowest BCUT2D eigenvalue weighted by Crippen LogP contribution is -2.39. The summed E-state index contributed by atoms with van der Waals surface area (Å²) in [4.78, 5) is 31.7. The Morgan fingerprint density at radius 1 is 1.13 bits per heavy atom. The molecule has 1 aliphatic heterocycles. The van der Waals surface area contributed by atoms with Crippen molar-refractivity contribution in [2.45, 2.75) is 6.10 Å². The molecule has 0 fully saturated rings. The van der Waals surface area contributed by atoms with Crippen LogP contribution in [0.2, 0.25) is 0 Å². The van der Waals surface area contributed by atoms with Crippen LogP contribution in [0.1, 0.15) is 11.8 Å². The second-order valence-corrected chi connectivity index (χ2v) is 7.70. The number of nitrogen functional groups attached to an aromatic ring is 1. The van der Waals surface area contributed by atoms with E-state index in [-0.39, 0.29) is 5.91 Å². The van der Waals surface area contributed by atoms with E-state index < -0.39 is 6.10 Å². The Balaban J connectivity index is 1.72. The second-order valence-electron chi connectivity index (χ2n) is 6.78. The number of fused-ring (bicyclic) bond motifs is 2. The monoisotopic (exact) mass is 462 g/mol. The number of carbonyl (C=O) groups excluding carboxylic acids is 1. The summed E-state index contributed by atoms with van der Waals surface area (Å²) in [5, 5.41) is 0.623. The van der Waals surface area contributed by atoms with Gasteiger partial charge in [-0.25, -0.2) is 19.9 Å². The van der Waals surface area contributed by atoms with Crippen LogP contribution in [0.25, 0.3) is 22.2 Å². The summed E-state index contributed by atoms with van der Waals surface area (Å²) in [6.45, 7) is 0. The highest BCUT2D eigenvalue weighted by atomic mass is 79.9. The summed E-state index contributed by atoms with van der Waals surface area (Å²) in [6.07, 6.45) is 2.04. The topological polar surface area (TPSA) is 107 Å². The molecule has 1 aliphatic rings. The van der Waals surface area contributed by atoms with Gasteiger partial charge in [-0.15, -0.1) is 0 Å². The Labute approximate surface area is 179 Å². The number of rotatable bonds is 2. The number of amides is 1. The number of nitrogens with two attached hydrogens (primary N) is 1. The SMILES string of the molecule is CN1C(=O)C(c2cc(-c3cccc(Br)c3)c3c(N)ncnc3n2)Oc2cccnc21. The van der Waals surface area contributed by atoms with Crippen LogP contribution in [0.15, 0.2) is 59.5 Å². The third-order valence-electron chi connectivity index (χ3n) is 4.93. The number of anilines is 2. The number of ether oxygens (including phenoxy) is 1. The van der Waals surface area contributed by atoms with Crippen LogP contribution in [0.5, 0.6) is 5.75 Å². The van der Waals surface area contributed by atoms with Crippen molar-refractivity contribution in [1.29, 1.82) is 0 Å². The average molecular weight is 463 g/mol. The van der Waals surface area contributed by atoms with Crippen LogP contribution in [-0.2, 0) is 4.79 Å². The average Bonchev–Trinajstić information content (AvgIpc) is 2.76. The predicted octanol–water partition coefficient (Wildman–Crippen LogP) is 3.53. The first-order valence-corrected chi connectivity index (χ1v) is 9.88. The van der Waals surface area contributed by atoms with Gasteiger partial charge in [0, 0.05) is 17.7 Å². The molecule has 0 radical (unpaired) electrons. The fourth-order valence-electron chi connectivity index (χ4n) is 3.50. The molecule has 30 heavy (non-hydrogen) atoms. The van der Waals surface area contributed by atoms with Gasteiger partial charge in [-0.3, -0.25) is 9.69 Å². The van der Waals surface area contributed by atoms with E-state index in [4.69, 9.17) is 10.5 Å². The molecule has 4 aromatic rings. The van der Waals surface area contributed by atoms with Crippen molar-refractivity contribution in [3.8, 4) is 16.9 Å². The van der Waals surface area contributed by atoms with E-state index in [2.05, 4.69) is 35.9 Å². The van der Waals surface area contributed by atoms with Crippen molar-refractivity contribution in [3.05, 3.63) is 65.2 Å². The summed E-state index contributed by atoms with van der Waals surface area (Å²) in [5.74, 6) is 1.03. The molecular weight excluding hydrogens is 448 g/mol. The molecule has 0 aliphatic carbocycles. The van der Waals surface area contributed by atoms with Crippen molar-refractivity contribution in [1.82, 2.24) is 19.9 Å². The summed E-state index contributed by atoms with van der Waals surface area (Å²) >= 11 is 3.50. The number of pyridine rings is 2. The van der Waals surface area contributed by atoms with Gasteiger partial charge in [0.05, 0.1) is 11.1 Å². The van der Waals surface area contributed by atoms with Gasteiger partial charge in [0.1, 0.15) is 12.1 Å². The van der Waals surface area contributed by atoms with Gasteiger partial charge in [-0.05, 0) is 41.5 Å². The third-order valence-corrected chi connectivity index (χ3v) is 5.42. The van der Waals surface area contributed by atoms with Crippen LogP contribution in [0.4, 0.5) is 11.6 Å². The number of aromatic nitrogens is 4. The molecule has 5 rings (SSSR count). The minimum atomic E-state index is -0.932. The number of benzene rings is 1. The molecule has 0 saturated heterocycles. The highest BCUT2D eigenvalue weighted by molar-refractivity contribution is 9.10. The molecule has 1 atom stereocenters. The number of likely N-dealkylation sites (N-methyl/N-ethyl adjacent to an activating group) is 1. The highest BCUT2D eigenvalue weighted by Crippen LogP contribution is 2.38. The Morgan fingerprint density at radius 3 is 2.83 bits per heavy atom. The van der Waals surface area contributed by atoms with Crippen molar-refractivity contribution >= 4 is 44.5 Å². The van der Waals surface area contributed by atoms with Crippen LogP contribution in [-0.4, -0.2) is 32.9 Å². The number of nitrogens with zero attached hydrogens (tertiary/aromatic N) is 5.